The van der Waals surface area contributed by atoms with E-state index in [-0.39, 0.29) is 36.2 Å². The van der Waals surface area contributed by atoms with Gasteiger partial charge < -0.3 is 25.5 Å². The summed E-state index contributed by atoms with van der Waals surface area (Å²) in [6.45, 7) is 6.56. The fraction of sp³-hybridized carbons (Fsp3) is 0.409. The summed E-state index contributed by atoms with van der Waals surface area (Å²) in [5, 5.41) is 14.5. The molecule has 0 aromatic carbocycles. The number of hydrogen-bond donors (Lipinski definition) is 3. The molecule has 32 heavy (non-hydrogen) atoms. The Hall–Kier alpha value is -3.69. The molecule has 0 bridgehead atoms. The van der Waals surface area contributed by atoms with Gasteiger partial charge in [0.2, 0.25) is 0 Å². The second-order valence-electron chi connectivity index (χ2n) is 7.78. The summed E-state index contributed by atoms with van der Waals surface area (Å²) in [7, 11) is 0. The van der Waals surface area contributed by atoms with Crippen molar-refractivity contribution in [3.05, 3.63) is 47.9 Å². The highest BCUT2D eigenvalue weighted by molar-refractivity contribution is 5.96. The molecule has 0 spiro atoms. The van der Waals surface area contributed by atoms with E-state index in [0.717, 1.165) is 11.5 Å². The third kappa shape index (κ3) is 5.93. The van der Waals surface area contributed by atoms with Crippen LogP contribution in [0.2, 0.25) is 0 Å². The van der Waals surface area contributed by atoms with Gasteiger partial charge in [-0.1, -0.05) is 0 Å². The summed E-state index contributed by atoms with van der Waals surface area (Å²) < 4.78 is 0. The van der Waals surface area contributed by atoms with Gasteiger partial charge in [0, 0.05) is 51.2 Å². The molecule has 2 aromatic rings. The second kappa shape index (κ2) is 10.6. The molecule has 10 nitrogen and oxygen atoms in total. The number of aromatic nitrogens is 2. The molecular formula is C22H28N6O4. The summed E-state index contributed by atoms with van der Waals surface area (Å²) >= 11 is 0. The van der Waals surface area contributed by atoms with Gasteiger partial charge in [-0.05, 0) is 38.1 Å². The molecule has 1 saturated heterocycles. The van der Waals surface area contributed by atoms with E-state index in [1.54, 1.807) is 11.1 Å². The summed E-state index contributed by atoms with van der Waals surface area (Å²) in [5.41, 5.74) is 1.51. The fourth-order valence-electron chi connectivity index (χ4n) is 3.40. The molecule has 2 amide bonds. The van der Waals surface area contributed by atoms with Crippen molar-refractivity contribution in [2.45, 2.75) is 26.3 Å². The molecule has 0 unspecified atom stereocenters. The topological polar surface area (TPSA) is 128 Å². The molecule has 3 N–H and O–H groups in total. The predicted molar refractivity (Wildman–Crippen MR) is 120 cm³/mol. The van der Waals surface area contributed by atoms with Crippen molar-refractivity contribution in [2.24, 2.45) is 0 Å². The maximum absolute atomic E-state index is 12.8. The lowest BCUT2D eigenvalue weighted by molar-refractivity contribution is -0.136. The Morgan fingerprint density at radius 1 is 1.09 bits per heavy atom. The van der Waals surface area contributed by atoms with E-state index in [4.69, 9.17) is 5.11 Å². The van der Waals surface area contributed by atoms with E-state index >= 15 is 0 Å². The lowest BCUT2D eigenvalue weighted by atomic mass is 10.2. The number of carboxylic acid groups (broad SMARTS) is 1. The van der Waals surface area contributed by atoms with Crippen molar-refractivity contribution in [3.8, 4) is 0 Å². The van der Waals surface area contributed by atoms with Gasteiger partial charge in [-0.15, -0.1) is 0 Å². The third-order valence-electron chi connectivity index (χ3n) is 4.97. The SMILES string of the molecule is CC(C)Nc1cccnc1N1CCN(C(=O)c2ccc(C(=O)NCCC(=O)O)cn2)CC1. The summed E-state index contributed by atoms with van der Waals surface area (Å²) in [6, 6.07) is 7.22. The number of pyridine rings is 2. The normalized spacial score (nSPS) is 13.7. The van der Waals surface area contributed by atoms with Crippen LogP contribution in [0.15, 0.2) is 36.7 Å². The van der Waals surface area contributed by atoms with Crippen LogP contribution in [-0.2, 0) is 4.79 Å². The molecule has 0 saturated carbocycles. The van der Waals surface area contributed by atoms with E-state index in [2.05, 4.69) is 39.3 Å². The van der Waals surface area contributed by atoms with Crippen LogP contribution >= 0.6 is 0 Å². The number of piperazine rings is 1. The van der Waals surface area contributed by atoms with Gasteiger partial charge >= 0.3 is 5.97 Å². The zero-order chi connectivity index (χ0) is 23.1. The van der Waals surface area contributed by atoms with Crippen LogP contribution in [0.3, 0.4) is 0 Å². The molecule has 0 radical (unpaired) electrons. The van der Waals surface area contributed by atoms with Crippen LogP contribution in [0.25, 0.3) is 0 Å². The average Bonchev–Trinajstić information content (AvgIpc) is 2.78. The number of amides is 2. The average molecular weight is 441 g/mol. The maximum Gasteiger partial charge on any atom is 0.305 e. The number of hydrogen-bond acceptors (Lipinski definition) is 7. The van der Waals surface area contributed by atoms with E-state index in [1.165, 1.54) is 18.3 Å². The lowest BCUT2D eigenvalue weighted by Crippen LogP contribution is -2.49. The zero-order valence-corrected chi connectivity index (χ0v) is 18.2. The molecule has 0 atom stereocenters. The van der Waals surface area contributed by atoms with Gasteiger partial charge in [-0.2, -0.15) is 0 Å². The molecule has 3 heterocycles. The van der Waals surface area contributed by atoms with Crippen LogP contribution in [0.1, 0.15) is 41.1 Å². The largest absolute Gasteiger partial charge is 0.481 e. The van der Waals surface area contributed by atoms with Gasteiger partial charge in [0.15, 0.2) is 5.82 Å². The van der Waals surface area contributed by atoms with Gasteiger partial charge in [0.25, 0.3) is 11.8 Å². The monoisotopic (exact) mass is 440 g/mol. The first-order chi connectivity index (χ1) is 15.3. The van der Waals surface area contributed by atoms with Gasteiger partial charge in [0.05, 0.1) is 17.7 Å². The fourth-order valence-corrected chi connectivity index (χ4v) is 3.40. The molecule has 1 aliphatic rings. The quantitative estimate of drug-likeness (QED) is 0.563. The predicted octanol–water partition coefficient (Wildman–Crippen LogP) is 1.46. The van der Waals surface area contributed by atoms with Crippen molar-refractivity contribution >= 4 is 29.3 Å². The van der Waals surface area contributed by atoms with E-state index in [9.17, 15) is 14.4 Å². The van der Waals surface area contributed by atoms with Crippen LogP contribution in [-0.4, -0.2) is 76.5 Å². The number of carbonyl (C=O) groups is 3. The minimum atomic E-state index is -0.986. The van der Waals surface area contributed by atoms with Crippen molar-refractivity contribution in [3.63, 3.8) is 0 Å². The van der Waals surface area contributed by atoms with Crippen molar-refractivity contribution < 1.29 is 19.5 Å². The number of rotatable bonds is 8. The number of anilines is 2. The second-order valence-corrected chi connectivity index (χ2v) is 7.78. The van der Waals surface area contributed by atoms with Crippen LogP contribution in [0, 0.1) is 0 Å². The first-order valence-corrected chi connectivity index (χ1v) is 10.6. The Kier molecular flexibility index (Phi) is 7.58. The van der Waals surface area contributed by atoms with Crippen molar-refractivity contribution in [1.29, 1.82) is 0 Å². The Labute approximate surface area is 186 Å². The van der Waals surface area contributed by atoms with Crippen LogP contribution in [0.5, 0.6) is 0 Å². The minimum absolute atomic E-state index is 0.0315. The molecule has 170 valence electrons. The molecule has 1 fully saturated rings. The van der Waals surface area contributed by atoms with Gasteiger partial charge in [0.1, 0.15) is 5.69 Å². The number of nitrogens with one attached hydrogen (secondary N) is 2. The first-order valence-electron chi connectivity index (χ1n) is 10.6. The highest BCUT2D eigenvalue weighted by Gasteiger charge is 2.25. The highest BCUT2D eigenvalue weighted by Crippen LogP contribution is 2.24. The van der Waals surface area contributed by atoms with E-state index < -0.39 is 11.9 Å². The highest BCUT2D eigenvalue weighted by atomic mass is 16.4. The summed E-state index contributed by atoms with van der Waals surface area (Å²) in [6.07, 6.45) is 2.94. The first kappa shape index (κ1) is 23.0. The molecule has 10 heteroatoms. The Morgan fingerprint density at radius 3 is 2.47 bits per heavy atom. The Balaban J connectivity index is 1.57. The van der Waals surface area contributed by atoms with Crippen molar-refractivity contribution in [2.75, 3.05) is 42.9 Å². The van der Waals surface area contributed by atoms with E-state index in [0.29, 0.717) is 26.2 Å². The number of aliphatic carboxylic acids is 1. The van der Waals surface area contributed by atoms with Gasteiger partial charge in [-0.25, -0.2) is 4.98 Å². The zero-order valence-electron chi connectivity index (χ0n) is 18.2. The summed E-state index contributed by atoms with van der Waals surface area (Å²) in [4.78, 5) is 47.9. The number of carboxylic acids is 1. The molecule has 0 aliphatic carbocycles. The van der Waals surface area contributed by atoms with Crippen molar-refractivity contribution in [1.82, 2.24) is 20.2 Å². The van der Waals surface area contributed by atoms with Crippen LogP contribution in [0.4, 0.5) is 11.5 Å². The maximum atomic E-state index is 12.8. The Bertz CT molecular complexity index is 955. The minimum Gasteiger partial charge on any atom is -0.481 e. The third-order valence-corrected chi connectivity index (χ3v) is 4.97. The summed E-state index contributed by atoms with van der Waals surface area (Å²) in [5.74, 6) is -0.721. The lowest BCUT2D eigenvalue weighted by Gasteiger charge is -2.36. The van der Waals surface area contributed by atoms with E-state index in [1.807, 2.05) is 12.1 Å². The number of nitrogens with zero attached hydrogens (tertiary/aromatic N) is 4. The molecule has 3 rings (SSSR count). The van der Waals surface area contributed by atoms with Crippen LogP contribution < -0.4 is 15.5 Å². The molecule has 1 aliphatic heterocycles. The number of carbonyl (C=O) groups excluding carboxylic acids is 2. The molecular weight excluding hydrogens is 412 g/mol. The smallest absolute Gasteiger partial charge is 0.305 e. The standard InChI is InChI=1S/C22H28N6O4/c1-15(2)26-17-4-3-8-23-20(17)27-10-12-28(13-11-27)22(32)18-6-5-16(14-25-18)21(31)24-9-7-19(29)30/h3-6,8,14-15,26H,7,9-13H2,1-2H3,(H,24,31)(H,29,30). The van der Waals surface area contributed by atoms with Gasteiger partial charge in [-0.3, -0.25) is 19.4 Å². The molecule has 2 aromatic heterocycles. The Morgan fingerprint density at radius 2 is 1.84 bits per heavy atom.